The zero-order valence-corrected chi connectivity index (χ0v) is 17.4. The number of hydroxylamine groups is 2. The molecule has 180 valence electrons. The Balaban J connectivity index is 1.42. The van der Waals surface area contributed by atoms with Crippen LogP contribution in [0, 0.1) is 17.6 Å². The Hall–Kier alpha value is -3.09. The van der Waals surface area contributed by atoms with Gasteiger partial charge in [0.15, 0.2) is 11.6 Å². The molecule has 1 aromatic rings. The maximum atomic E-state index is 14.9. The van der Waals surface area contributed by atoms with Crippen molar-refractivity contribution >= 4 is 29.3 Å². The molecule has 33 heavy (non-hydrogen) atoms. The average molecular weight is 474 g/mol. The first kappa shape index (κ1) is 23.1. The molecule has 13 heteroatoms. The number of halogens is 4. The molecule has 1 N–H and O–H groups in total. The smallest absolute Gasteiger partial charge is 0.414 e. The van der Waals surface area contributed by atoms with E-state index >= 15 is 0 Å². The molecule has 1 aromatic carbocycles. The summed E-state index contributed by atoms with van der Waals surface area (Å²) >= 11 is 0. The molecule has 0 spiro atoms. The van der Waals surface area contributed by atoms with E-state index < -0.39 is 36.2 Å². The topological polar surface area (TPSA) is 91.4 Å². The Morgan fingerprint density at radius 3 is 2.45 bits per heavy atom. The van der Waals surface area contributed by atoms with Crippen molar-refractivity contribution in [3.63, 3.8) is 0 Å². The molecule has 0 bridgehead atoms. The number of anilines is 2. The summed E-state index contributed by atoms with van der Waals surface area (Å²) in [4.78, 5) is 43.1. The maximum Gasteiger partial charge on any atom is 0.414 e. The van der Waals surface area contributed by atoms with E-state index in [1.165, 1.54) is 9.96 Å². The van der Waals surface area contributed by atoms with E-state index in [0.29, 0.717) is 0 Å². The van der Waals surface area contributed by atoms with Gasteiger partial charge in [0.05, 0.1) is 31.9 Å². The fourth-order valence-electron chi connectivity index (χ4n) is 3.72. The lowest BCUT2D eigenvalue weighted by atomic mass is 10.2. The maximum absolute atomic E-state index is 14.9. The Morgan fingerprint density at radius 1 is 1.12 bits per heavy atom. The van der Waals surface area contributed by atoms with Gasteiger partial charge in [-0.2, -0.15) is 8.78 Å². The highest BCUT2D eigenvalue weighted by molar-refractivity contribution is 5.90. The van der Waals surface area contributed by atoms with Crippen LogP contribution in [0.1, 0.15) is 12.8 Å². The summed E-state index contributed by atoms with van der Waals surface area (Å²) < 4.78 is 59.4. The number of hydrogen-bond acceptors (Lipinski definition) is 6. The van der Waals surface area contributed by atoms with Gasteiger partial charge in [0.1, 0.15) is 11.8 Å². The second kappa shape index (κ2) is 9.41. The van der Waals surface area contributed by atoms with Gasteiger partial charge in [0.25, 0.3) is 5.91 Å². The first-order valence-corrected chi connectivity index (χ1v) is 10.5. The van der Waals surface area contributed by atoms with E-state index in [9.17, 15) is 31.9 Å². The third-order valence-electron chi connectivity index (χ3n) is 5.56. The lowest BCUT2D eigenvalue weighted by molar-refractivity contribution is -0.183. The number of ether oxygens (including phenoxy) is 1. The number of carbonyl (C=O) groups excluding carboxylic acids is 3. The summed E-state index contributed by atoms with van der Waals surface area (Å²) in [6.45, 7) is -0.0126. The van der Waals surface area contributed by atoms with Crippen molar-refractivity contribution in [2.24, 2.45) is 5.92 Å². The summed E-state index contributed by atoms with van der Waals surface area (Å²) in [6.07, 6.45) is -3.46. The van der Waals surface area contributed by atoms with Crippen LogP contribution in [0.4, 0.5) is 33.7 Å². The highest BCUT2D eigenvalue weighted by Crippen LogP contribution is 2.33. The number of cyclic esters (lactones) is 1. The number of nitrogens with one attached hydrogen (secondary N) is 1. The van der Waals surface area contributed by atoms with Crippen molar-refractivity contribution in [1.29, 1.82) is 0 Å². The highest BCUT2D eigenvalue weighted by Gasteiger charge is 2.36. The number of carbonyl (C=O) groups is 3. The van der Waals surface area contributed by atoms with Gasteiger partial charge in [-0.15, -0.1) is 0 Å². The van der Waals surface area contributed by atoms with Crippen LogP contribution < -0.4 is 15.1 Å². The standard InChI is InChI=1S/C20H22F4N4O5/c21-14-7-12(27-10-13(33-20(27)31)9-25-18(29)17(23)24)8-15(22)16(14)26-3-4-28(32-6-5-26)19(30)11-1-2-11/h7-8,11,13,17H,1-6,9-10H2,(H,25,29). The first-order valence-electron chi connectivity index (χ1n) is 10.5. The van der Waals surface area contributed by atoms with Crippen LogP contribution in [0.25, 0.3) is 0 Å². The number of benzene rings is 1. The van der Waals surface area contributed by atoms with Crippen LogP contribution in [-0.4, -0.2) is 74.8 Å². The summed E-state index contributed by atoms with van der Waals surface area (Å²) in [5.74, 6) is -3.52. The number of alkyl halides is 2. The molecule has 4 rings (SSSR count). The normalized spacial score (nSPS) is 21.3. The third-order valence-corrected chi connectivity index (χ3v) is 5.56. The average Bonchev–Trinajstić information content (AvgIpc) is 3.57. The molecule has 1 unspecified atom stereocenters. The van der Waals surface area contributed by atoms with Crippen molar-refractivity contribution in [2.45, 2.75) is 25.4 Å². The van der Waals surface area contributed by atoms with Gasteiger partial charge in [0, 0.05) is 31.1 Å². The molecule has 3 amide bonds. The minimum absolute atomic E-state index is 0.0444. The lowest BCUT2D eigenvalue weighted by Crippen LogP contribution is -2.37. The minimum atomic E-state index is -3.21. The first-order chi connectivity index (χ1) is 15.7. The molecule has 2 aliphatic heterocycles. The van der Waals surface area contributed by atoms with Crippen molar-refractivity contribution in [1.82, 2.24) is 10.4 Å². The fourth-order valence-corrected chi connectivity index (χ4v) is 3.72. The van der Waals surface area contributed by atoms with Crippen LogP contribution >= 0.6 is 0 Å². The van der Waals surface area contributed by atoms with Gasteiger partial charge < -0.3 is 15.0 Å². The summed E-state index contributed by atoms with van der Waals surface area (Å²) in [7, 11) is 0. The molecule has 0 radical (unpaired) electrons. The molecule has 9 nitrogen and oxygen atoms in total. The predicted octanol–water partition coefficient (Wildman–Crippen LogP) is 1.66. The SMILES string of the molecule is O=C(NCC1CN(c2cc(F)c(N3CCON(C(=O)C4CC4)CC3)c(F)c2)C(=O)O1)C(F)F. The van der Waals surface area contributed by atoms with Gasteiger partial charge in [-0.05, 0) is 12.8 Å². The van der Waals surface area contributed by atoms with E-state index in [4.69, 9.17) is 9.57 Å². The lowest BCUT2D eigenvalue weighted by Gasteiger charge is -2.24. The van der Waals surface area contributed by atoms with Crippen molar-refractivity contribution in [3.05, 3.63) is 23.8 Å². The van der Waals surface area contributed by atoms with Crippen LogP contribution in [-0.2, 0) is 19.2 Å². The molecule has 1 atom stereocenters. The van der Waals surface area contributed by atoms with E-state index in [0.717, 1.165) is 29.9 Å². The van der Waals surface area contributed by atoms with E-state index in [-0.39, 0.29) is 62.5 Å². The quantitative estimate of drug-likeness (QED) is 0.631. The Kier molecular flexibility index (Phi) is 6.58. The summed E-state index contributed by atoms with van der Waals surface area (Å²) in [5.41, 5.74) is -0.422. The predicted molar refractivity (Wildman–Crippen MR) is 106 cm³/mol. The molecule has 2 saturated heterocycles. The Morgan fingerprint density at radius 2 is 1.82 bits per heavy atom. The van der Waals surface area contributed by atoms with Crippen LogP contribution in [0.2, 0.25) is 0 Å². The third kappa shape index (κ3) is 5.13. The fraction of sp³-hybridized carbons (Fsp3) is 0.550. The van der Waals surface area contributed by atoms with Gasteiger partial charge >= 0.3 is 12.5 Å². The summed E-state index contributed by atoms with van der Waals surface area (Å²) in [6, 6.07) is 1.94. The monoisotopic (exact) mass is 474 g/mol. The number of rotatable bonds is 6. The van der Waals surface area contributed by atoms with Gasteiger partial charge in [0.2, 0.25) is 5.91 Å². The molecule has 1 saturated carbocycles. The van der Waals surface area contributed by atoms with Crippen LogP contribution in [0.5, 0.6) is 0 Å². The Labute approximate surface area is 186 Å². The molecule has 3 aliphatic rings. The zero-order chi connectivity index (χ0) is 23.7. The summed E-state index contributed by atoms with van der Waals surface area (Å²) in [5, 5.41) is 3.18. The molecule has 3 fully saturated rings. The largest absolute Gasteiger partial charge is 0.442 e. The number of amides is 3. The molecule has 2 heterocycles. The van der Waals surface area contributed by atoms with Crippen LogP contribution in [0.15, 0.2) is 12.1 Å². The van der Waals surface area contributed by atoms with Crippen molar-refractivity contribution in [3.8, 4) is 0 Å². The zero-order valence-electron chi connectivity index (χ0n) is 17.4. The second-order valence-corrected chi connectivity index (χ2v) is 7.96. The molecule has 0 aromatic heterocycles. The van der Waals surface area contributed by atoms with E-state index in [1.807, 2.05) is 5.32 Å². The Bertz CT molecular complexity index is 922. The van der Waals surface area contributed by atoms with E-state index in [1.54, 1.807) is 0 Å². The highest BCUT2D eigenvalue weighted by atomic mass is 19.3. The molecular weight excluding hydrogens is 452 g/mol. The molecule has 1 aliphatic carbocycles. The van der Waals surface area contributed by atoms with E-state index in [2.05, 4.69) is 0 Å². The number of hydrogen-bond donors (Lipinski definition) is 1. The van der Waals surface area contributed by atoms with Gasteiger partial charge in [-0.25, -0.2) is 18.6 Å². The van der Waals surface area contributed by atoms with Gasteiger partial charge in [-0.3, -0.25) is 19.3 Å². The molecular formula is C20H22F4N4O5. The van der Waals surface area contributed by atoms with Gasteiger partial charge in [-0.1, -0.05) is 0 Å². The minimum Gasteiger partial charge on any atom is -0.442 e. The number of nitrogens with zero attached hydrogens (tertiary/aromatic N) is 3. The van der Waals surface area contributed by atoms with Crippen molar-refractivity contribution in [2.75, 3.05) is 49.1 Å². The second-order valence-electron chi connectivity index (χ2n) is 7.96. The van der Waals surface area contributed by atoms with Crippen LogP contribution in [0.3, 0.4) is 0 Å². The van der Waals surface area contributed by atoms with Crippen molar-refractivity contribution < 1.29 is 41.5 Å².